The van der Waals surface area contributed by atoms with E-state index in [0.717, 1.165) is 17.9 Å². The SMILES string of the molecule is CS(=O)(=O)c1cc(F)cc(C2=CCOCC2)c1. The van der Waals surface area contributed by atoms with E-state index in [2.05, 4.69) is 0 Å². The molecular formula is C12H13FO3S. The van der Waals surface area contributed by atoms with Gasteiger partial charge in [-0.15, -0.1) is 0 Å². The molecule has 1 aliphatic rings. The molecule has 92 valence electrons. The molecule has 1 aromatic rings. The van der Waals surface area contributed by atoms with Crippen molar-refractivity contribution >= 4 is 15.4 Å². The van der Waals surface area contributed by atoms with Gasteiger partial charge in [-0.1, -0.05) is 6.08 Å². The highest BCUT2D eigenvalue weighted by Crippen LogP contribution is 2.24. The summed E-state index contributed by atoms with van der Waals surface area (Å²) in [5.41, 5.74) is 1.55. The van der Waals surface area contributed by atoms with E-state index in [-0.39, 0.29) is 4.90 Å². The zero-order valence-electron chi connectivity index (χ0n) is 9.44. The van der Waals surface area contributed by atoms with Crippen LogP contribution in [0.2, 0.25) is 0 Å². The molecule has 5 heteroatoms. The highest BCUT2D eigenvalue weighted by molar-refractivity contribution is 7.90. The molecule has 3 nitrogen and oxygen atoms in total. The minimum Gasteiger partial charge on any atom is -0.377 e. The van der Waals surface area contributed by atoms with Gasteiger partial charge in [0.15, 0.2) is 9.84 Å². The molecule has 0 saturated heterocycles. The standard InChI is InChI=1S/C12H13FO3S/c1-17(14,15)12-7-10(6-11(13)8-12)9-2-4-16-5-3-9/h2,6-8H,3-5H2,1H3. The quantitative estimate of drug-likeness (QED) is 0.813. The fourth-order valence-electron chi connectivity index (χ4n) is 1.75. The molecule has 0 amide bonds. The Morgan fingerprint density at radius 3 is 2.65 bits per heavy atom. The minimum absolute atomic E-state index is 0.0138. The maximum atomic E-state index is 13.4. The van der Waals surface area contributed by atoms with Gasteiger partial charge in [0.05, 0.1) is 18.1 Å². The normalized spacial score (nSPS) is 16.7. The van der Waals surface area contributed by atoms with Gasteiger partial charge < -0.3 is 4.74 Å². The van der Waals surface area contributed by atoms with Crippen LogP contribution < -0.4 is 0 Å². The van der Waals surface area contributed by atoms with Crippen molar-refractivity contribution in [2.75, 3.05) is 19.5 Å². The topological polar surface area (TPSA) is 43.4 Å². The van der Waals surface area contributed by atoms with E-state index in [9.17, 15) is 12.8 Å². The van der Waals surface area contributed by atoms with E-state index in [0.29, 0.717) is 25.2 Å². The second-order valence-corrected chi connectivity index (χ2v) is 6.02. The van der Waals surface area contributed by atoms with Crippen molar-refractivity contribution < 1.29 is 17.5 Å². The van der Waals surface area contributed by atoms with Crippen LogP contribution in [0.3, 0.4) is 0 Å². The predicted molar refractivity (Wildman–Crippen MR) is 62.9 cm³/mol. The third-order valence-corrected chi connectivity index (χ3v) is 3.73. The Bertz CT molecular complexity index is 561. The van der Waals surface area contributed by atoms with Gasteiger partial charge in [-0.2, -0.15) is 0 Å². The Morgan fingerprint density at radius 2 is 2.06 bits per heavy atom. The molecule has 17 heavy (non-hydrogen) atoms. The van der Waals surface area contributed by atoms with Gasteiger partial charge in [-0.05, 0) is 35.8 Å². The third-order valence-electron chi connectivity index (χ3n) is 2.63. The molecule has 0 spiro atoms. The predicted octanol–water partition coefficient (Wildman–Crippen LogP) is 2.03. The second-order valence-electron chi connectivity index (χ2n) is 4.00. The molecule has 0 radical (unpaired) electrons. The summed E-state index contributed by atoms with van der Waals surface area (Å²) in [6, 6.07) is 3.90. The van der Waals surface area contributed by atoms with Crippen molar-refractivity contribution in [2.24, 2.45) is 0 Å². The lowest BCUT2D eigenvalue weighted by Crippen LogP contribution is -2.05. The van der Waals surface area contributed by atoms with Crippen molar-refractivity contribution in [1.82, 2.24) is 0 Å². The summed E-state index contributed by atoms with van der Waals surface area (Å²) < 4.78 is 41.4. The lowest BCUT2D eigenvalue weighted by molar-refractivity contribution is 0.161. The van der Waals surface area contributed by atoms with Crippen LogP contribution in [-0.2, 0) is 14.6 Å². The van der Waals surface area contributed by atoms with Crippen LogP contribution in [-0.4, -0.2) is 27.9 Å². The molecule has 0 fully saturated rings. The van der Waals surface area contributed by atoms with E-state index in [1.54, 1.807) is 0 Å². The lowest BCUT2D eigenvalue weighted by Gasteiger charge is -2.14. The Hall–Kier alpha value is -1.20. The zero-order valence-corrected chi connectivity index (χ0v) is 10.3. The monoisotopic (exact) mass is 256 g/mol. The van der Waals surface area contributed by atoms with Gasteiger partial charge in [-0.3, -0.25) is 0 Å². The molecule has 1 aliphatic heterocycles. The molecule has 1 heterocycles. The maximum Gasteiger partial charge on any atom is 0.175 e. The largest absolute Gasteiger partial charge is 0.377 e. The van der Waals surface area contributed by atoms with E-state index in [4.69, 9.17) is 4.74 Å². The number of rotatable bonds is 2. The van der Waals surface area contributed by atoms with Gasteiger partial charge in [0.25, 0.3) is 0 Å². The molecule has 1 aromatic carbocycles. The summed E-state index contributed by atoms with van der Waals surface area (Å²) in [6.07, 6.45) is 3.60. The van der Waals surface area contributed by atoms with Crippen LogP contribution >= 0.6 is 0 Å². The first-order valence-electron chi connectivity index (χ1n) is 5.24. The molecule has 0 aromatic heterocycles. The lowest BCUT2D eigenvalue weighted by atomic mass is 10.0. The Balaban J connectivity index is 2.48. The van der Waals surface area contributed by atoms with Crippen molar-refractivity contribution in [3.05, 3.63) is 35.7 Å². The minimum atomic E-state index is -3.38. The van der Waals surface area contributed by atoms with Crippen LogP contribution in [0.5, 0.6) is 0 Å². The number of sulfone groups is 1. The van der Waals surface area contributed by atoms with E-state index >= 15 is 0 Å². The molecule has 2 rings (SSSR count). The molecular weight excluding hydrogens is 243 g/mol. The first kappa shape index (κ1) is 12.3. The van der Waals surface area contributed by atoms with E-state index in [1.165, 1.54) is 12.1 Å². The summed E-state index contributed by atoms with van der Waals surface area (Å²) in [4.78, 5) is 0.0138. The van der Waals surface area contributed by atoms with Crippen LogP contribution in [0.15, 0.2) is 29.2 Å². The smallest absolute Gasteiger partial charge is 0.175 e. The molecule has 0 atom stereocenters. The molecule has 0 unspecified atom stereocenters. The average Bonchev–Trinajstić information content (AvgIpc) is 2.28. The van der Waals surface area contributed by atoms with Crippen molar-refractivity contribution in [3.63, 3.8) is 0 Å². The third kappa shape index (κ3) is 2.92. The van der Waals surface area contributed by atoms with Gasteiger partial charge >= 0.3 is 0 Å². The molecule has 0 bridgehead atoms. The zero-order chi connectivity index (χ0) is 12.5. The van der Waals surface area contributed by atoms with Gasteiger partial charge in [-0.25, -0.2) is 12.8 Å². The molecule has 0 saturated carbocycles. The van der Waals surface area contributed by atoms with E-state index in [1.807, 2.05) is 6.08 Å². The number of halogens is 1. The number of benzene rings is 1. The summed E-state index contributed by atoms with van der Waals surface area (Å²) in [7, 11) is -3.38. The Kier molecular flexibility index (Phi) is 3.31. The fraction of sp³-hybridized carbons (Fsp3) is 0.333. The molecule has 0 aliphatic carbocycles. The molecule has 0 N–H and O–H groups in total. The highest BCUT2D eigenvalue weighted by atomic mass is 32.2. The van der Waals surface area contributed by atoms with Crippen molar-refractivity contribution in [2.45, 2.75) is 11.3 Å². The Morgan fingerprint density at radius 1 is 1.29 bits per heavy atom. The van der Waals surface area contributed by atoms with Crippen LogP contribution in [0.1, 0.15) is 12.0 Å². The first-order valence-corrected chi connectivity index (χ1v) is 7.14. The Labute approximate surface area is 99.8 Å². The second kappa shape index (κ2) is 4.58. The summed E-state index contributed by atoms with van der Waals surface area (Å²) in [5.74, 6) is -0.532. The average molecular weight is 256 g/mol. The maximum absolute atomic E-state index is 13.4. The highest BCUT2D eigenvalue weighted by Gasteiger charge is 2.13. The first-order chi connectivity index (χ1) is 7.97. The van der Waals surface area contributed by atoms with Crippen LogP contribution in [0, 0.1) is 5.82 Å². The van der Waals surface area contributed by atoms with E-state index < -0.39 is 15.7 Å². The van der Waals surface area contributed by atoms with Gasteiger partial charge in [0, 0.05) is 6.26 Å². The summed E-state index contributed by atoms with van der Waals surface area (Å²) >= 11 is 0. The summed E-state index contributed by atoms with van der Waals surface area (Å²) in [6.45, 7) is 1.07. The van der Waals surface area contributed by atoms with Crippen molar-refractivity contribution in [1.29, 1.82) is 0 Å². The van der Waals surface area contributed by atoms with Crippen LogP contribution in [0.25, 0.3) is 5.57 Å². The van der Waals surface area contributed by atoms with Crippen molar-refractivity contribution in [3.8, 4) is 0 Å². The number of ether oxygens (including phenoxy) is 1. The number of hydrogen-bond donors (Lipinski definition) is 0. The van der Waals surface area contributed by atoms with Gasteiger partial charge in [0.2, 0.25) is 0 Å². The number of hydrogen-bond acceptors (Lipinski definition) is 3. The summed E-state index contributed by atoms with van der Waals surface area (Å²) in [5, 5.41) is 0. The van der Waals surface area contributed by atoms with Gasteiger partial charge in [0.1, 0.15) is 5.82 Å². The van der Waals surface area contributed by atoms with Crippen LogP contribution in [0.4, 0.5) is 4.39 Å². The fourth-order valence-corrected chi connectivity index (χ4v) is 2.42.